The molecule has 0 bridgehead atoms. The Morgan fingerprint density at radius 3 is 3.04 bits per heavy atom. The Hall–Kier alpha value is -1.40. The number of nitrogens with one attached hydrogen (secondary N) is 1. The van der Waals surface area contributed by atoms with Crippen LogP contribution in [0.3, 0.4) is 0 Å². The van der Waals surface area contributed by atoms with Crippen LogP contribution in [0.15, 0.2) is 24.3 Å². The third-order valence-corrected chi connectivity index (χ3v) is 4.97. The van der Waals surface area contributed by atoms with Crippen molar-refractivity contribution in [3.63, 3.8) is 0 Å². The Labute approximate surface area is 143 Å². The van der Waals surface area contributed by atoms with Crippen molar-refractivity contribution < 1.29 is 9.53 Å². The van der Waals surface area contributed by atoms with Crippen molar-refractivity contribution in [2.75, 3.05) is 45.3 Å². The van der Waals surface area contributed by atoms with E-state index in [0.717, 1.165) is 35.9 Å². The highest BCUT2D eigenvalue weighted by Gasteiger charge is 2.23. The van der Waals surface area contributed by atoms with Crippen LogP contribution in [0.25, 0.3) is 0 Å². The molecule has 1 saturated heterocycles. The minimum atomic E-state index is 0.0247. The van der Waals surface area contributed by atoms with Crippen LogP contribution in [0, 0.1) is 0 Å². The number of likely N-dealkylation sites (N-methyl/N-ethyl adjacent to an activating group) is 1. The van der Waals surface area contributed by atoms with Gasteiger partial charge in [-0.25, -0.2) is 4.79 Å². The summed E-state index contributed by atoms with van der Waals surface area (Å²) in [5.74, 6) is 2.89. The lowest BCUT2D eigenvalue weighted by molar-refractivity contribution is 0.186. The molecule has 128 valence electrons. The van der Waals surface area contributed by atoms with E-state index in [9.17, 15) is 4.79 Å². The fourth-order valence-corrected chi connectivity index (χ4v) is 3.41. The molecular formula is C17H27N3O2S. The quantitative estimate of drug-likeness (QED) is 0.865. The maximum absolute atomic E-state index is 12.3. The predicted octanol–water partition coefficient (Wildman–Crippen LogP) is 2.27. The SMILES string of the molecule is CC1CSCCN1C(=O)NCc1cccc(OCCN(C)C)c1. The number of nitrogens with zero attached hydrogens (tertiary/aromatic N) is 2. The molecule has 0 spiro atoms. The van der Waals surface area contributed by atoms with E-state index >= 15 is 0 Å². The van der Waals surface area contributed by atoms with Gasteiger partial charge in [-0.05, 0) is 38.7 Å². The molecule has 1 aliphatic rings. The van der Waals surface area contributed by atoms with Crippen LogP contribution in [0.4, 0.5) is 4.79 Å². The first kappa shape index (κ1) is 17.9. The van der Waals surface area contributed by atoms with E-state index in [1.807, 2.05) is 55.0 Å². The van der Waals surface area contributed by atoms with Crippen molar-refractivity contribution in [3.8, 4) is 5.75 Å². The number of hydrogen-bond donors (Lipinski definition) is 1. The smallest absolute Gasteiger partial charge is 0.317 e. The fourth-order valence-electron chi connectivity index (χ4n) is 2.40. The number of amides is 2. The molecule has 2 amide bonds. The van der Waals surface area contributed by atoms with Crippen molar-refractivity contribution in [3.05, 3.63) is 29.8 Å². The molecule has 0 saturated carbocycles. The number of hydrogen-bond acceptors (Lipinski definition) is 4. The standard InChI is InChI=1S/C17H27N3O2S/c1-14-13-23-10-8-20(14)17(21)18-12-15-5-4-6-16(11-15)22-9-7-19(2)3/h4-6,11,14H,7-10,12-13H2,1-3H3,(H,18,21). The average molecular weight is 337 g/mol. The van der Waals surface area contributed by atoms with E-state index in [0.29, 0.717) is 19.2 Å². The second kappa shape index (κ2) is 9.03. The third kappa shape index (κ3) is 5.95. The highest BCUT2D eigenvalue weighted by molar-refractivity contribution is 7.99. The van der Waals surface area contributed by atoms with E-state index in [1.165, 1.54) is 0 Å². The monoisotopic (exact) mass is 337 g/mol. The zero-order chi connectivity index (χ0) is 16.7. The van der Waals surface area contributed by atoms with E-state index in [2.05, 4.69) is 17.1 Å². The highest BCUT2D eigenvalue weighted by Crippen LogP contribution is 2.16. The van der Waals surface area contributed by atoms with Gasteiger partial charge in [-0.3, -0.25) is 0 Å². The molecule has 1 unspecified atom stereocenters. The Morgan fingerprint density at radius 1 is 1.48 bits per heavy atom. The lowest BCUT2D eigenvalue weighted by atomic mass is 10.2. The summed E-state index contributed by atoms with van der Waals surface area (Å²) in [6, 6.07) is 8.24. The van der Waals surface area contributed by atoms with Crippen molar-refractivity contribution >= 4 is 17.8 Å². The molecule has 6 heteroatoms. The molecular weight excluding hydrogens is 310 g/mol. The van der Waals surface area contributed by atoms with Crippen molar-refractivity contribution in [1.29, 1.82) is 0 Å². The van der Waals surface area contributed by atoms with Gasteiger partial charge in [0.25, 0.3) is 0 Å². The number of ether oxygens (including phenoxy) is 1. The zero-order valence-electron chi connectivity index (χ0n) is 14.2. The van der Waals surface area contributed by atoms with Gasteiger partial charge in [0.15, 0.2) is 0 Å². The Kier molecular flexibility index (Phi) is 7.05. The third-order valence-electron chi connectivity index (χ3n) is 3.78. The van der Waals surface area contributed by atoms with Gasteiger partial charge in [0.2, 0.25) is 0 Å². The van der Waals surface area contributed by atoms with E-state index in [-0.39, 0.29) is 6.03 Å². The molecule has 1 aromatic carbocycles. The molecule has 1 fully saturated rings. The van der Waals surface area contributed by atoms with Crippen LogP contribution in [0.5, 0.6) is 5.75 Å². The average Bonchev–Trinajstić information content (AvgIpc) is 2.53. The molecule has 2 rings (SSSR count). The van der Waals surface area contributed by atoms with Crippen LogP contribution in [0.1, 0.15) is 12.5 Å². The molecule has 0 aliphatic carbocycles. The van der Waals surface area contributed by atoms with Gasteiger partial charge in [-0.15, -0.1) is 0 Å². The van der Waals surface area contributed by atoms with E-state index in [1.54, 1.807) is 0 Å². The van der Waals surface area contributed by atoms with Crippen LogP contribution in [-0.2, 0) is 6.54 Å². The van der Waals surface area contributed by atoms with E-state index < -0.39 is 0 Å². The molecule has 1 N–H and O–H groups in total. The lowest BCUT2D eigenvalue weighted by Gasteiger charge is -2.33. The van der Waals surface area contributed by atoms with Gasteiger partial charge in [0.05, 0.1) is 0 Å². The number of carbonyl (C=O) groups excluding carboxylic acids is 1. The Bertz CT molecular complexity index is 510. The maximum atomic E-state index is 12.3. The lowest BCUT2D eigenvalue weighted by Crippen LogP contribution is -2.49. The van der Waals surface area contributed by atoms with Crippen LogP contribution in [-0.4, -0.2) is 67.2 Å². The first-order valence-corrected chi connectivity index (χ1v) is 9.20. The summed E-state index contributed by atoms with van der Waals surface area (Å²) in [7, 11) is 4.05. The van der Waals surface area contributed by atoms with Gasteiger partial charge < -0.3 is 19.9 Å². The van der Waals surface area contributed by atoms with Crippen molar-refractivity contribution in [2.24, 2.45) is 0 Å². The second-order valence-corrected chi connectivity index (χ2v) is 7.23. The first-order valence-electron chi connectivity index (χ1n) is 8.05. The normalized spacial score (nSPS) is 18.1. The van der Waals surface area contributed by atoms with Gasteiger partial charge in [0, 0.05) is 37.2 Å². The van der Waals surface area contributed by atoms with Crippen molar-refractivity contribution in [2.45, 2.75) is 19.5 Å². The number of urea groups is 1. The minimum absolute atomic E-state index is 0.0247. The molecule has 1 aromatic rings. The second-order valence-electron chi connectivity index (χ2n) is 6.08. The Balaban J connectivity index is 1.81. The molecule has 1 heterocycles. The van der Waals surface area contributed by atoms with E-state index in [4.69, 9.17) is 4.74 Å². The molecule has 23 heavy (non-hydrogen) atoms. The van der Waals surface area contributed by atoms with Gasteiger partial charge in [-0.2, -0.15) is 11.8 Å². The fraction of sp³-hybridized carbons (Fsp3) is 0.588. The summed E-state index contributed by atoms with van der Waals surface area (Å²) in [5.41, 5.74) is 1.06. The summed E-state index contributed by atoms with van der Waals surface area (Å²) in [6.45, 7) is 4.99. The molecule has 0 radical (unpaired) electrons. The first-order chi connectivity index (χ1) is 11.1. The largest absolute Gasteiger partial charge is 0.492 e. The molecule has 1 atom stereocenters. The van der Waals surface area contributed by atoms with Crippen LogP contribution in [0.2, 0.25) is 0 Å². The number of thioether (sulfide) groups is 1. The summed E-state index contributed by atoms with van der Waals surface area (Å²) in [6.07, 6.45) is 0. The molecule has 1 aliphatic heterocycles. The number of benzene rings is 1. The molecule has 5 nitrogen and oxygen atoms in total. The summed E-state index contributed by atoms with van der Waals surface area (Å²) in [4.78, 5) is 16.3. The Morgan fingerprint density at radius 2 is 2.30 bits per heavy atom. The van der Waals surface area contributed by atoms with Crippen molar-refractivity contribution in [1.82, 2.24) is 15.1 Å². The van der Waals surface area contributed by atoms with Crippen LogP contribution >= 0.6 is 11.8 Å². The number of rotatable bonds is 6. The highest BCUT2D eigenvalue weighted by atomic mass is 32.2. The van der Waals surface area contributed by atoms with Gasteiger partial charge in [0.1, 0.15) is 12.4 Å². The minimum Gasteiger partial charge on any atom is -0.492 e. The van der Waals surface area contributed by atoms with Gasteiger partial charge >= 0.3 is 6.03 Å². The maximum Gasteiger partial charge on any atom is 0.317 e. The summed E-state index contributed by atoms with van der Waals surface area (Å²) >= 11 is 1.91. The predicted molar refractivity (Wildman–Crippen MR) is 96.2 cm³/mol. The summed E-state index contributed by atoms with van der Waals surface area (Å²) < 4.78 is 5.73. The topological polar surface area (TPSA) is 44.8 Å². The van der Waals surface area contributed by atoms with Gasteiger partial charge in [-0.1, -0.05) is 12.1 Å². The summed E-state index contributed by atoms with van der Waals surface area (Å²) in [5, 5.41) is 3.01. The number of carbonyl (C=O) groups is 1. The molecule has 0 aromatic heterocycles. The zero-order valence-corrected chi connectivity index (χ0v) is 15.1. The van der Waals surface area contributed by atoms with Crippen LogP contribution < -0.4 is 10.1 Å².